The number of carbonyl (C=O) groups is 1. The fourth-order valence-electron chi connectivity index (χ4n) is 2.92. The summed E-state index contributed by atoms with van der Waals surface area (Å²) in [6.07, 6.45) is 0. The van der Waals surface area contributed by atoms with E-state index >= 15 is 0 Å². The highest BCUT2D eigenvalue weighted by Gasteiger charge is 2.23. The number of halogens is 1. The van der Waals surface area contributed by atoms with Crippen LogP contribution in [0.4, 0.5) is 4.39 Å². The molecule has 0 radical (unpaired) electrons. The van der Waals surface area contributed by atoms with Crippen molar-refractivity contribution < 1.29 is 22.3 Å². The van der Waals surface area contributed by atoms with Crippen molar-refractivity contribution in [2.75, 3.05) is 19.7 Å². The van der Waals surface area contributed by atoms with Crippen molar-refractivity contribution in [2.45, 2.75) is 25.3 Å². The Kier molecular flexibility index (Phi) is 5.48. The lowest BCUT2D eigenvalue weighted by molar-refractivity contribution is -0.130. The van der Waals surface area contributed by atoms with Gasteiger partial charge in [-0.1, -0.05) is 12.1 Å². The Morgan fingerprint density at radius 2 is 2.00 bits per heavy atom. The highest BCUT2D eigenvalue weighted by Crippen LogP contribution is 2.24. The summed E-state index contributed by atoms with van der Waals surface area (Å²) in [5.41, 5.74) is 1.97. The minimum Gasteiger partial charge on any atom is -0.491 e. The first kappa shape index (κ1) is 19.3. The number of ether oxygens (including phenoxy) is 1. The van der Waals surface area contributed by atoms with Crippen molar-refractivity contribution in [3.8, 4) is 5.75 Å². The van der Waals surface area contributed by atoms with Gasteiger partial charge < -0.3 is 9.64 Å². The minimum atomic E-state index is -3.81. The third kappa shape index (κ3) is 4.45. The Morgan fingerprint density at radius 3 is 2.78 bits per heavy atom. The molecule has 0 aromatic heterocycles. The molecule has 1 heterocycles. The second kappa shape index (κ2) is 7.66. The Labute approximate surface area is 158 Å². The third-order valence-electron chi connectivity index (χ3n) is 4.40. The lowest BCUT2D eigenvalue weighted by atomic mass is 10.2. The van der Waals surface area contributed by atoms with Crippen molar-refractivity contribution in [1.82, 2.24) is 9.62 Å². The van der Waals surface area contributed by atoms with Crippen LogP contribution in [0.15, 0.2) is 41.3 Å². The number of aryl methyl sites for hydroxylation is 2. The summed E-state index contributed by atoms with van der Waals surface area (Å²) < 4.78 is 46.5. The second-order valence-electron chi connectivity index (χ2n) is 6.51. The van der Waals surface area contributed by atoms with E-state index in [2.05, 4.69) is 4.72 Å². The van der Waals surface area contributed by atoms with Crippen molar-refractivity contribution in [3.63, 3.8) is 0 Å². The van der Waals surface area contributed by atoms with Gasteiger partial charge in [0.2, 0.25) is 15.9 Å². The average molecular weight is 392 g/mol. The molecule has 0 bridgehead atoms. The number of amides is 1. The molecule has 0 spiro atoms. The van der Waals surface area contributed by atoms with Crippen molar-refractivity contribution in [3.05, 3.63) is 58.9 Å². The first-order valence-corrected chi connectivity index (χ1v) is 10.0. The van der Waals surface area contributed by atoms with E-state index in [9.17, 15) is 17.6 Å². The van der Waals surface area contributed by atoms with Crippen LogP contribution in [0.3, 0.4) is 0 Å². The van der Waals surface area contributed by atoms with Crippen molar-refractivity contribution in [1.29, 1.82) is 0 Å². The highest BCUT2D eigenvalue weighted by molar-refractivity contribution is 7.89. The number of rotatable bonds is 4. The maximum absolute atomic E-state index is 13.5. The van der Waals surface area contributed by atoms with Crippen LogP contribution in [0, 0.1) is 19.7 Å². The van der Waals surface area contributed by atoms with Gasteiger partial charge in [0.25, 0.3) is 0 Å². The smallest absolute Gasteiger partial charge is 0.241 e. The highest BCUT2D eigenvalue weighted by atomic mass is 32.2. The summed E-state index contributed by atoms with van der Waals surface area (Å²) in [5.74, 6) is -0.283. The fourth-order valence-corrected chi connectivity index (χ4v) is 4.22. The van der Waals surface area contributed by atoms with Crippen LogP contribution in [0.25, 0.3) is 0 Å². The number of fused-ring (bicyclic) bond motifs is 1. The Morgan fingerprint density at radius 1 is 1.22 bits per heavy atom. The first-order valence-electron chi connectivity index (χ1n) is 8.52. The van der Waals surface area contributed by atoms with Crippen LogP contribution in [-0.4, -0.2) is 38.9 Å². The van der Waals surface area contributed by atoms with E-state index in [1.54, 1.807) is 26.0 Å². The van der Waals surface area contributed by atoms with E-state index in [1.165, 1.54) is 23.1 Å². The number of hydrogen-bond donors (Lipinski definition) is 1. The van der Waals surface area contributed by atoms with Gasteiger partial charge in [-0.15, -0.1) is 0 Å². The monoisotopic (exact) mass is 392 g/mol. The molecule has 27 heavy (non-hydrogen) atoms. The second-order valence-corrected chi connectivity index (χ2v) is 8.24. The molecule has 3 rings (SSSR count). The molecule has 8 heteroatoms. The predicted octanol–water partition coefficient (Wildman–Crippen LogP) is 2.14. The zero-order chi connectivity index (χ0) is 19.6. The summed E-state index contributed by atoms with van der Waals surface area (Å²) in [7, 11) is -3.81. The van der Waals surface area contributed by atoms with E-state index in [1.807, 2.05) is 6.07 Å². The zero-order valence-corrected chi connectivity index (χ0v) is 16.0. The molecule has 1 N–H and O–H groups in total. The largest absolute Gasteiger partial charge is 0.491 e. The van der Waals surface area contributed by atoms with Gasteiger partial charge in [0.1, 0.15) is 18.2 Å². The van der Waals surface area contributed by atoms with Gasteiger partial charge in [-0.3, -0.25) is 4.79 Å². The molecular formula is C19H21FN2O4S. The predicted molar refractivity (Wildman–Crippen MR) is 98.4 cm³/mol. The van der Waals surface area contributed by atoms with E-state index in [4.69, 9.17) is 4.74 Å². The molecule has 0 saturated carbocycles. The molecule has 0 fully saturated rings. The fraction of sp³-hybridized carbons (Fsp3) is 0.316. The van der Waals surface area contributed by atoms with E-state index in [0.717, 1.165) is 5.56 Å². The molecular weight excluding hydrogens is 371 g/mol. The molecule has 6 nitrogen and oxygen atoms in total. The zero-order valence-electron chi connectivity index (χ0n) is 15.2. The molecule has 2 aromatic carbocycles. The molecule has 0 unspecified atom stereocenters. The van der Waals surface area contributed by atoms with Gasteiger partial charge in [-0.25, -0.2) is 17.5 Å². The van der Waals surface area contributed by atoms with Gasteiger partial charge in [0, 0.05) is 12.1 Å². The van der Waals surface area contributed by atoms with Crippen LogP contribution in [-0.2, 0) is 21.4 Å². The maximum atomic E-state index is 13.5. The molecule has 0 saturated heterocycles. The molecule has 144 valence electrons. The lowest BCUT2D eigenvalue weighted by Gasteiger charge is -2.20. The summed E-state index contributed by atoms with van der Waals surface area (Å²) in [6, 6.07) is 9.27. The van der Waals surface area contributed by atoms with E-state index < -0.39 is 21.7 Å². The number of sulfonamides is 1. The topological polar surface area (TPSA) is 75.7 Å². The average Bonchev–Trinajstić information content (AvgIpc) is 2.83. The van der Waals surface area contributed by atoms with Crippen molar-refractivity contribution in [2.24, 2.45) is 0 Å². The van der Waals surface area contributed by atoms with Crippen LogP contribution in [0.2, 0.25) is 0 Å². The maximum Gasteiger partial charge on any atom is 0.241 e. The Hall–Kier alpha value is -2.45. The molecule has 1 amide bonds. The minimum absolute atomic E-state index is 0.155. The molecule has 0 atom stereocenters. The van der Waals surface area contributed by atoms with Crippen LogP contribution >= 0.6 is 0 Å². The van der Waals surface area contributed by atoms with Gasteiger partial charge >= 0.3 is 0 Å². The quantitative estimate of drug-likeness (QED) is 0.865. The van der Waals surface area contributed by atoms with Gasteiger partial charge in [0.05, 0.1) is 18.0 Å². The Bertz CT molecular complexity index is 976. The lowest BCUT2D eigenvalue weighted by Crippen LogP contribution is -2.40. The molecule has 0 aliphatic carbocycles. The van der Waals surface area contributed by atoms with E-state index in [-0.39, 0.29) is 24.6 Å². The normalized spacial score (nSPS) is 14.3. The third-order valence-corrected chi connectivity index (χ3v) is 5.95. The standard InChI is InChI=1S/C19H21FN2O4S/c1-13-3-4-14(2)18(9-13)27(24,25)21-11-19(23)22-7-8-26-17-6-5-16(20)10-15(17)12-22/h3-6,9-10,21H,7-8,11-12H2,1-2H3. The molecule has 1 aliphatic rings. The summed E-state index contributed by atoms with van der Waals surface area (Å²) in [4.78, 5) is 14.1. The van der Waals surface area contributed by atoms with Crippen LogP contribution in [0.5, 0.6) is 5.75 Å². The van der Waals surface area contributed by atoms with Crippen molar-refractivity contribution >= 4 is 15.9 Å². The van der Waals surface area contributed by atoms with Crippen LogP contribution in [0.1, 0.15) is 16.7 Å². The van der Waals surface area contributed by atoms with Gasteiger partial charge in [-0.05, 0) is 49.2 Å². The molecule has 1 aliphatic heterocycles. The van der Waals surface area contributed by atoms with Gasteiger partial charge in [-0.2, -0.15) is 0 Å². The summed E-state index contributed by atoms with van der Waals surface area (Å²) in [5, 5.41) is 0. The summed E-state index contributed by atoms with van der Waals surface area (Å²) >= 11 is 0. The number of carbonyl (C=O) groups excluding carboxylic acids is 1. The number of nitrogens with zero attached hydrogens (tertiary/aromatic N) is 1. The SMILES string of the molecule is Cc1ccc(C)c(S(=O)(=O)NCC(=O)N2CCOc3ccc(F)cc3C2)c1. The number of nitrogens with one attached hydrogen (secondary N) is 1. The Balaban J connectivity index is 1.71. The van der Waals surface area contributed by atoms with Gasteiger partial charge in [0.15, 0.2) is 0 Å². The van der Waals surface area contributed by atoms with Crippen LogP contribution < -0.4 is 9.46 Å². The number of hydrogen-bond acceptors (Lipinski definition) is 4. The first-order chi connectivity index (χ1) is 12.8. The summed E-state index contributed by atoms with van der Waals surface area (Å²) in [6.45, 7) is 3.84. The molecule has 2 aromatic rings. The van der Waals surface area contributed by atoms with E-state index in [0.29, 0.717) is 23.4 Å². The number of benzene rings is 2.